The molecule has 2 N–H and O–H groups in total. The lowest BCUT2D eigenvalue weighted by Crippen LogP contribution is -2.34. The first-order valence-corrected chi connectivity index (χ1v) is 8.00. The number of rotatable bonds is 5. The number of nitrogens with zero attached hydrogens (tertiary/aromatic N) is 1. The van der Waals surface area contributed by atoms with E-state index in [9.17, 15) is 18.4 Å². The molecule has 1 aromatic heterocycles. The predicted molar refractivity (Wildman–Crippen MR) is 96.7 cm³/mol. The molecule has 27 heavy (non-hydrogen) atoms. The van der Waals surface area contributed by atoms with Gasteiger partial charge in [-0.3, -0.25) is 15.0 Å². The van der Waals surface area contributed by atoms with E-state index in [2.05, 4.69) is 15.1 Å². The van der Waals surface area contributed by atoms with E-state index in [1.165, 1.54) is 25.3 Å². The second-order valence-corrected chi connectivity index (χ2v) is 5.69. The van der Waals surface area contributed by atoms with Crippen molar-refractivity contribution < 1.29 is 23.0 Å². The van der Waals surface area contributed by atoms with Gasteiger partial charge in [0.05, 0.1) is 18.0 Å². The molecule has 2 aromatic carbocycles. The Kier molecular flexibility index (Phi) is 5.17. The normalized spacial score (nSPS) is 10.8. The lowest BCUT2D eigenvalue weighted by molar-refractivity contribution is -0.0512. The van der Waals surface area contributed by atoms with Crippen LogP contribution in [-0.4, -0.2) is 29.3 Å². The van der Waals surface area contributed by atoms with Crippen LogP contribution in [0.1, 0.15) is 10.4 Å². The fourth-order valence-corrected chi connectivity index (χ4v) is 2.67. The lowest BCUT2D eigenvalue weighted by atomic mass is 10.2. The Bertz CT molecular complexity index is 1130. The molecule has 0 bridgehead atoms. The standard InChI is InChI=1S/C17H13F2N3O4S/c1-25-13-8-9(6-7-12(13)26-16(18)19)14(23)21-22-15(24)10-4-2-3-5-11(10)20-17(22)27/h2-8,16H,1H3,(H,20,27)(H,21,23). The molecule has 0 saturated carbocycles. The maximum atomic E-state index is 12.5. The SMILES string of the molecule is COc1cc(C(=O)Nn2c(=S)[nH]c3ccccc3c2=O)ccc1OC(F)F. The third-order valence-electron chi connectivity index (χ3n) is 3.66. The molecule has 140 valence electrons. The first-order valence-electron chi connectivity index (χ1n) is 7.59. The molecule has 0 radical (unpaired) electrons. The number of aromatic nitrogens is 2. The molecule has 0 unspecified atom stereocenters. The Labute approximate surface area is 156 Å². The first kappa shape index (κ1) is 18.5. The van der Waals surface area contributed by atoms with Gasteiger partial charge in [-0.05, 0) is 42.5 Å². The van der Waals surface area contributed by atoms with Crippen LogP contribution in [0.25, 0.3) is 10.9 Å². The third kappa shape index (κ3) is 3.80. The number of ether oxygens (including phenoxy) is 2. The molecule has 10 heteroatoms. The van der Waals surface area contributed by atoms with E-state index in [4.69, 9.17) is 17.0 Å². The maximum absolute atomic E-state index is 12.5. The number of aromatic amines is 1. The zero-order valence-corrected chi connectivity index (χ0v) is 14.7. The Morgan fingerprint density at radius 1 is 1.22 bits per heavy atom. The summed E-state index contributed by atoms with van der Waals surface area (Å²) < 4.78 is 34.9. The number of para-hydroxylation sites is 1. The summed E-state index contributed by atoms with van der Waals surface area (Å²) in [6.07, 6.45) is 0. The zero-order valence-electron chi connectivity index (χ0n) is 13.9. The van der Waals surface area contributed by atoms with Crippen LogP contribution in [0.5, 0.6) is 11.5 Å². The average molecular weight is 393 g/mol. The van der Waals surface area contributed by atoms with Crippen molar-refractivity contribution in [1.82, 2.24) is 9.66 Å². The van der Waals surface area contributed by atoms with E-state index in [-0.39, 0.29) is 21.8 Å². The summed E-state index contributed by atoms with van der Waals surface area (Å²) in [6, 6.07) is 10.3. The third-order valence-corrected chi connectivity index (χ3v) is 3.95. The fraction of sp³-hybridized carbons (Fsp3) is 0.118. The number of alkyl halides is 2. The van der Waals surface area contributed by atoms with E-state index in [0.717, 1.165) is 4.68 Å². The number of hydrogen-bond acceptors (Lipinski definition) is 5. The summed E-state index contributed by atoms with van der Waals surface area (Å²) in [4.78, 5) is 27.9. The van der Waals surface area contributed by atoms with Crippen LogP contribution < -0.4 is 20.5 Å². The number of nitrogens with one attached hydrogen (secondary N) is 2. The smallest absolute Gasteiger partial charge is 0.387 e. The van der Waals surface area contributed by atoms with Crippen LogP contribution in [0.3, 0.4) is 0 Å². The Hall–Kier alpha value is -3.27. The summed E-state index contributed by atoms with van der Waals surface area (Å²) in [5.41, 5.74) is 2.47. The molecule has 7 nitrogen and oxygen atoms in total. The van der Waals surface area contributed by atoms with Crippen LogP contribution in [-0.2, 0) is 0 Å². The first-order chi connectivity index (χ1) is 12.9. The molecule has 0 atom stereocenters. The zero-order chi connectivity index (χ0) is 19.6. The molecule has 1 heterocycles. The Morgan fingerprint density at radius 3 is 2.67 bits per heavy atom. The van der Waals surface area contributed by atoms with Gasteiger partial charge in [-0.2, -0.15) is 13.5 Å². The van der Waals surface area contributed by atoms with E-state index in [1.54, 1.807) is 24.3 Å². The quantitative estimate of drug-likeness (QED) is 0.651. The van der Waals surface area contributed by atoms with Gasteiger partial charge < -0.3 is 14.5 Å². The van der Waals surface area contributed by atoms with Crippen LogP contribution in [0.15, 0.2) is 47.3 Å². The molecule has 0 aliphatic carbocycles. The van der Waals surface area contributed by atoms with Crippen molar-refractivity contribution in [2.24, 2.45) is 0 Å². The van der Waals surface area contributed by atoms with Gasteiger partial charge in [0.1, 0.15) is 0 Å². The molecular formula is C17H13F2N3O4S. The highest BCUT2D eigenvalue weighted by atomic mass is 32.1. The van der Waals surface area contributed by atoms with Crippen molar-refractivity contribution in [3.8, 4) is 11.5 Å². The number of methoxy groups -OCH3 is 1. The number of carbonyl (C=O) groups is 1. The predicted octanol–water partition coefficient (Wildman–Crippen LogP) is 3.05. The topological polar surface area (TPSA) is 85.4 Å². The van der Waals surface area contributed by atoms with Crippen LogP contribution in [0.2, 0.25) is 0 Å². The van der Waals surface area contributed by atoms with Gasteiger partial charge >= 0.3 is 6.61 Å². The molecule has 0 saturated heterocycles. The van der Waals surface area contributed by atoms with Crippen molar-refractivity contribution in [1.29, 1.82) is 0 Å². The summed E-state index contributed by atoms with van der Waals surface area (Å²) in [5, 5.41) is 0.338. The number of benzene rings is 2. The van der Waals surface area contributed by atoms with Gasteiger partial charge in [0.2, 0.25) is 0 Å². The summed E-state index contributed by atoms with van der Waals surface area (Å²) in [6.45, 7) is -3.03. The van der Waals surface area contributed by atoms with Crippen LogP contribution in [0, 0.1) is 4.77 Å². The van der Waals surface area contributed by atoms with Gasteiger partial charge in [0, 0.05) is 5.56 Å². The monoisotopic (exact) mass is 393 g/mol. The second kappa shape index (κ2) is 7.54. The van der Waals surface area contributed by atoms with Gasteiger partial charge in [0.25, 0.3) is 11.5 Å². The molecule has 1 amide bonds. The van der Waals surface area contributed by atoms with Crippen molar-refractivity contribution in [2.75, 3.05) is 12.5 Å². The van der Waals surface area contributed by atoms with E-state index < -0.39 is 18.1 Å². The number of H-pyrrole nitrogens is 1. The highest BCUT2D eigenvalue weighted by Gasteiger charge is 2.15. The molecule has 3 aromatic rings. The summed E-state index contributed by atoms with van der Waals surface area (Å²) >= 11 is 5.12. The number of carbonyl (C=O) groups excluding carboxylic acids is 1. The number of amides is 1. The molecule has 0 aliphatic heterocycles. The molecule has 0 spiro atoms. The van der Waals surface area contributed by atoms with Gasteiger partial charge in [0.15, 0.2) is 16.3 Å². The molecule has 3 rings (SSSR count). The minimum absolute atomic E-state index is 0.00308. The van der Waals surface area contributed by atoms with E-state index in [0.29, 0.717) is 10.9 Å². The van der Waals surface area contributed by atoms with Crippen molar-refractivity contribution in [3.63, 3.8) is 0 Å². The Morgan fingerprint density at radius 2 is 1.96 bits per heavy atom. The minimum atomic E-state index is -3.03. The van der Waals surface area contributed by atoms with Gasteiger partial charge in [-0.25, -0.2) is 0 Å². The van der Waals surface area contributed by atoms with E-state index in [1.807, 2.05) is 0 Å². The second-order valence-electron chi connectivity index (χ2n) is 5.30. The maximum Gasteiger partial charge on any atom is 0.387 e. The van der Waals surface area contributed by atoms with Gasteiger partial charge in [-0.1, -0.05) is 12.1 Å². The fourth-order valence-electron chi connectivity index (χ4n) is 2.43. The Balaban J connectivity index is 1.95. The van der Waals surface area contributed by atoms with Crippen LogP contribution in [0.4, 0.5) is 8.78 Å². The molecule has 0 aliphatic rings. The minimum Gasteiger partial charge on any atom is -0.493 e. The van der Waals surface area contributed by atoms with E-state index >= 15 is 0 Å². The number of hydrogen-bond donors (Lipinski definition) is 2. The molecular weight excluding hydrogens is 380 g/mol. The van der Waals surface area contributed by atoms with Crippen molar-refractivity contribution >= 4 is 29.0 Å². The number of fused-ring (bicyclic) bond motifs is 1. The van der Waals surface area contributed by atoms with Gasteiger partial charge in [-0.15, -0.1) is 0 Å². The largest absolute Gasteiger partial charge is 0.493 e. The van der Waals surface area contributed by atoms with Crippen LogP contribution >= 0.6 is 12.2 Å². The highest BCUT2D eigenvalue weighted by molar-refractivity contribution is 7.71. The average Bonchev–Trinajstić information content (AvgIpc) is 2.64. The summed E-state index contributed by atoms with van der Waals surface area (Å²) in [7, 11) is 1.25. The van der Waals surface area contributed by atoms with Crippen molar-refractivity contribution in [2.45, 2.75) is 6.61 Å². The molecule has 0 fully saturated rings. The summed E-state index contributed by atoms with van der Waals surface area (Å²) in [5.74, 6) is -0.961. The lowest BCUT2D eigenvalue weighted by Gasteiger charge is -2.12. The number of halogens is 2. The highest BCUT2D eigenvalue weighted by Crippen LogP contribution is 2.29. The van der Waals surface area contributed by atoms with Crippen molar-refractivity contribution in [3.05, 3.63) is 63.2 Å².